The van der Waals surface area contributed by atoms with Gasteiger partial charge in [0, 0.05) is 0 Å². The molecule has 0 aromatic rings. The van der Waals surface area contributed by atoms with Crippen LogP contribution in [-0.2, 0) is 14.3 Å². The number of hydrogen-bond acceptors (Lipinski definition) is 10. The molecule has 1 aliphatic rings. The number of carbonyl (C=O) groups excluding carboxylic acids is 1. The summed E-state index contributed by atoms with van der Waals surface area (Å²) in [6.45, 7) is 3.43. The second-order valence-electron chi connectivity index (χ2n) is 16.5. The van der Waals surface area contributed by atoms with E-state index in [0.717, 1.165) is 38.5 Å². The van der Waals surface area contributed by atoms with Crippen molar-refractivity contribution in [2.75, 3.05) is 13.2 Å². The molecule has 0 bridgehead atoms. The molecule has 55 heavy (non-hydrogen) atoms. The highest BCUT2D eigenvalue weighted by molar-refractivity contribution is 5.80. The van der Waals surface area contributed by atoms with Crippen molar-refractivity contribution in [3.05, 3.63) is 0 Å². The summed E-state index contributed by atoms with van der Waals surface area (Å²) in [5, 5.41) is 75.5. The first kappa shape index (κ1) is 52.1. The van der Waals surface area contributed by atoms with Crippen LogP contribution in [0.2, 0.25) is 0 Å². The molecule has 0 aliphatic carbocycles. The summed E-state index contributed by atoms with van der Waals surface area (Å²) in [6.07, 6.45) is 22.9. The van der Waals surface area contributed by atoms with Crippen molar-refractivity contribution < 1.29 is 50.0 Å². The molecule has 1 fully saturated rings. The Bertz CT molecular complexity index is 866. The van der Waals surface area contributed by atoms with Gasteiger partial charge in [0.15, 0.2) is 6.29 Å². The van der Waals surface area contributed by atoms with E-state index < -0.39 is 74.2 Å². The van der Waals surface area contributed by atoms with E-state index in [2.05, 4.69) is 19.2 Å². The standard InChI is InChI=1S/C44H87NO10/c1-3-5-7-9-11-13-15-16-17-18-19-20-22-24-26-28-30-32-37(48)43(53)45-35(34-54-44-42(52)41(51)40(50)38(33-46)55-44)39(49)36(47)31-29-27-25-23-21-14-12-10-8-6-4-2/h35-42,44,46-52H,3-34H2,1-2H3,(H,45,53). The van der Waals surface area contributed by atoms with Crippen LogP contribution in [-0.4, -0.2) is 110 Å². The van der Waals surface area contributed by atoms with Crippen LogP contribution in [0.3, 0.4) is 0 Å². The van der Waals surface area contributed by atoms with Gasteiger partial charge < -0.3 is 50.5 Å². The van der Waals surface area contributed by atoms with Crippen molar-refractivity contribution in [3.63, 3.8) is 0 Å². The van der Waals surface area contributed by atoms with Gasteiger partial charge in [0.1, 0.15) is 36.6 Å². The van der Waals surface area contributed by atoms with Crippen LogP contribution in [0.15, 0.2) is 0 Å². The largest absolute Gasteiger partial charge is 0.394 e. The summed E-state index contributed by atoms with van der Waals surface area (Å²) >= 11 is 0. The molecular weight excluding hydrogens is 702 g/mol. The third-order valence-electron chi connectivity index (χ3n) is 11.4. The number of aliphatic hydroxyl groups is 7. The normalized spacial score (nSPS) is 22.4. The zero-order chi connectivity index (χ0) is 40.5. The van der Waals surface area contributed by atoms with Crippen molar-refractivity contribution in [3.8, 4) is 0 Å². The summed E-state index contributed by atoms with van der Waals surface area (Å²) in [5.74, 6) is -0.695. The first-order chi connectivity index (χ1) is 26.7. The van der Waals surface area contributed by atoms with Crippen LogP contribution in [0, 0.1) is 0 Å². The first-order valence-electron chi connectivity index (χ1n) is 22.9. The van der Waals surface area contributed by atoms with E-state index in [1.165, 1.54) is 128 Å². The number of ether oxygens (including phenoxy) is 2. The predicted molar refractivity (Wildman–Crippen MR) is 220 cm³/mol. The maximum atomic E-state index is 13.1. The van der Waals surface area contributed by atoms with E-state index in [0.29, 0.717) is 19.3 Å². The van der Waals surface area contributed by atoms with Gasteiger partial charge in [-0.05, 0) is 12.8 Å². The third kappa shape index (κ3) is 25.3. The monoisotopic (exact) mass is 790 g/mol. The molecule has 0 spiro atoms. The number of unbranched alkanes of at least 4 members (excludes halogenated alkanes) is 26. The highest BCUT2D eigenvalue weighted by Crippen LogP contribution is 2.23. The fourth-order valence-corrected chi connectivity index (χ4v) is 7.56. The van der Waals surface area contributed by atoms with Crippen molar-refractivity contribution in [1.29, 1.82) is 0 Å². The highest BCUT2D eigenvalue weighted by atomic mass is 16.7. The molecule has 328 valence electrons. The molecule has 11 heteroatoms. The molecule has 0 aromatic heterocycles. The van der Waals surface area contributed by atoms with Gasteiger partial charge >= 0.3 is 0 Å². The van der Waals surface area contributed by atoms with E-state index in [4.69, 9.17) is 9.47 Å². The predicted octanol–water partition coefficient (Wildman–Crippen LogP) is 7.11. The summed E-state index contributed by atoms with van der Waals surface area (Å²) < 4.78 is 11.1. The zero-order valence-corrected chi connectivity index (χ0v) is 35.2. The number of rotatable bonds is 38. The molecule has 1 heterocycles. The average Bonchev–Trinajstić information content (AvgIpc) is 3.18. The SMILES string of the molecule is CCCCCCCCCCCCCCCCCCCC(O)C(=O)NC(COC1OC(CO)C(O)C(O)C1O)C(O)C(O)CCCCCCCCCCCCC. The Hall–Kier alpha value is -0.890. The zero-order valence-electron chi connectivity index (χ0n) is 35.2. The lowest BCUT2D eigenvalue weighted by molar-refractivity contribution is -0.303. The van der Waals surface area contributed by atoms with Crippen LogP contribution < -0.4 is 5.32 Å². The van der Waals surface area contributed by atoms with Gasteiger partial charge in [0.2, 0.25) is 5.91 Å². The Balaban J connectivity index is 2.43. The van der Waals surface area contributed by atoms with Gasteiger partial charge in [0.25, 0.3) is 0 Å². The fraction of sp³-hybridized carbons (Fsp3) is 0.977. The lowest BCUT2D eigenvalue weighted by Crippen LogP contribution is -2.60. The molecule has 0 radical (unpaired) electrons. The minimum absolute atomic E-state index is 0.266. The van der Waals surface area contributed by atoms with Gasteiger partial charge in [-0.15, -0.1) is 0 Å². The molecule has 11 nitrogen and oxygen atoms in total. The lowest BCUT2D eigenvalue weighted by Gasteiger charge is -2.40. The van der Waals surface area contributed by atoms with E-state index in [1.54, 1.807) is 0 Å². The van der Waals surface area contributed by atoms with Crippen LogP contribution in [0.5, 0.6) is 0 Å². The maximum absolute atomic E-state index is 13.1. The van der Waals surface area contributed by atoms with Crippen LogP contribution in [0.25, 0.3) is 0 Å². The number of nitrogens with one attached hydrogen (secondary N) is 1. The van der Waals surface area contributed by atoms with Crippen molar-refractivity contribution >= 4 is 5.91 Å². The lowest BCUT2D eigenvalue weighted by atomic mass is 9.98. The molecule has 1 amide bonds. The second-order valence-corrected chi connectivity index (χ2v) is 16.5. The molecule has 1 rings (SSSR count). The van der Waals surface area contributed by atoms with Crippen molar-refractivity contribution in [2.45, 2.75) is 262 Å². The fourth-order valence-electron chi connectivity index (χ4n) is 7.56. The molecule has 8 N–H and O–H groups in total. The Kier molecular flexibility index (Phi) is 33.3. The highest BCUT2D eigenvalue weighted by Gasteiger charge is 2.44. The average molecular weight is 790 g/mol. The van der Waals surface area contributed by atoms with Crippen LogP contribution in [0.1, 0.15) is 206 Å². The second kappa shape index (κ2) is 35.1. The maximum Gasteiger partial charge on any atom is 0.249 e. The summed E-state index contributed by atoms with van der Waals surface area (Å²) in [7, 11) is 0. The van der Waals surface area contributed by atoms with E-state index >= 15 is 0 Å². The Labute approximate surface area is 335 Å². The molecular formula is C44H87NO10. The number of hydrogen-bond donors (Lipinski definition) is 8. The van der Waals surface area contributed by atoms with Crippen molar-refractivity contribution in [2.24, 2.45) is 0 Å². The van der Waals surface area contributed by atoms with E-state index in [1.807, 2.05) is 0 Å². The quantitative estimate of drug-likeness (QED) is 0.0300. The van der Waals surface area contributed by atoms with E-state index in [-0.39, 0.29) is 6.42 Å². The van der Waals surface area contributed by atoms with Gasteiger partial charge in [0.05, 0.1) is 25.4 Å². The molecule has 0 saturated carbocycles. The summed E-state index contributed by atoms with van der Waals surface area (Å²) in [6, 6.07) is -1.16. The third-order valence-corrected chi connectivity index (χ3v) is 11.4. The minimum atomic E-state index is -1.65. The number of carbonyl (C=O) groups is 1. The Morgan fingerprint density at radius 1 is 0.564 bits per heavy atom. The minimum Gasteiger partial charge on any atom is -0.394 e. The van der Waals surface area contributed by atoms with Gasteiger partial charge in [-0.2, -0.15) is 0 Å². The molecule has 9 atom stereocenters. The molecule has 1 aliphatic heterocycles. The Morgan fingerprint density at radius 2 is 0.945 bits per heavy atom. The molecule has 0 aromatic carbocycles. The first-order valence-corrected chi connectivity index (χ1v) is 22.9. The smallest absolute Gasteiger partial charge is 0.249 e. The van der Waals surface area contributed by atoms with Crippen molar-refractivity contribution in [1.82, 2.24) is 5.32 Å². The molecule has 9 unspecified atom stereocenters. The number of amides is 1. The van der Waals surface area contributed by atoms with Gasteiger partial charge in [-0.1, -0.05) is 194 Å². The topological polar surface area (TPSA) is 189 Å². The van der Waals surface area contributed by atoms with Gasteiger partial charge in [-0.25, -0.2) is 0 Å². The summed E-state index contributed by atoms with van der Waals surface area (Å²) in [5.41, 5.74) is 0. The van der Waals surface area contributed by atoms with Gasteiger partial charge in [-0.3, -0.25) is 4.79 Å². The molecule has 1 saturated heterocycles. The van der Waals surface area contributed by atoms with Crippen LogP contribution in [0.4, 0.5) is 0 Å². The summed E-state index contributed by atoms with van der Waals surface area (Å²) in [4.78, 5) is 13.1. The van der Waals surface area contributed by atoms with Crippen LogP contribution >= 0.6 is 0 Å². The number of aliphatic hydroxyl groups excluding tert-OH is 7. The van der Waals surface area contributed by atoms with E-state index in [9.17, 15) is 40.5 Å². The Morgan fingerprint density at radius 3 is 1.35 bits per heavy atom.